The van der Waals surface area contributed by atoms with E-state index < -0.39 is 11.9 Å². The van der Waals surface area contributed by atoms with Crippen molar-refractivity contribution in [2.45, 2.75) is 26.8 Å². The third-order valence-electron chi connectivity index (χ3n) is 4.61. The Bertz CT molecular complexity index is 1220. The summed E-state index contributed by atoms with van der Waals surface area (Å²) in [5, 5.41) is 9.78. The molecule has 31 heavy (non-hydrogen) atoms. The van der Waals surface area contributed by atoms with Crippen LogP contribution in [-0.2, 0) is 23.1 Å². The van der Waals surface area contributed by atoms with Crippen LogP contribution in [0.5, 0.6) is 0 Å². The summed E-state index contributed by atoms with van der Waals surface area (Å²) < 4.78 is 7.89. The van der Waals surface area contributed by atoms with Crippen molar-refractivity contribution >= 4 is 45.2 Å². The number of aromatic nitrogens is 4. The number of fused-ring (bicyclic) bond motifs is 1. The summed E-state index contributed by atoms with van der Waals surface area (Å²) in [6, 6.07) is 0. The zero-order valence-corrected chi connectivity index (χ0v) is 18.3. The number of esters is 1. The highest BCUT2D eigenvalue weighted by Gasteiger charge is 2.26. The van der Waals surface area contributed by atoms with E-state index in [0.717, 1.165) is 11.3 Å². The molecule has 3 aromatic rings. The van der Waals surface area contributed by atoms with Crippen molar-refractivity contribution in [3.63, 3.8) is 0 Å². The third-order valence-corrected chi connectivity index (χ3v) is 5.82. The minimum absolute atomic E-state index is 0.0398. The van der Waals surface area contributed by atoms with Crippen LogP contribution in [0.4, 0.5) is 5.00 Å². The molecular formula is C19H22N6O5S. The Hall–Kier alpha value is -3.54. The molecule has 2 amide bonds. The first-order valence-electron chi connectivity index (χ1n) is 9.48. The Labute approximate surface area is 181 Å². The number of nitrogens with one attached hydrogen (secondary N) is 2. The summed E-state index contributed by atoms with van der Waals surface area (Å²) in [7, 11) is 3.17. The molecule has 0 bridgehead atoms. The van der Waals surface area contributed by atoms with Gasteiger partial charge in [-0.05, 0) is 19.4 Å². The maximum Gasteiger partial charge on any atom is 0.341 e. The molecule has 0 saturated carbocycles. The molecule has 12 heteroatoms. The summed E-state index contributed by atoms with van der Waals surface area (Å²) in [5.41, 5.74) is 0.738. The lowest BCUT2D eigenvalue weighted by Gasteiger charge is -2.08. The van der Waals surface area contributed by atoms with Crippen LogP contribution in [0, 0.1) is 6.92 Å². The second kappa shape index (κ2) is 9.08. The number of carbonyl (C=O) groups excluding carboxylic acids is 3. The number of hydrogen-bond donors (Lipinski definition) is 2. The van der Waals surface area contributed by atoms with E-state index in [1.807, 2.05) is 0 Å². The second-order valence-corrected chi connectivity index (χ2v) is 7.63. The standard InChI is InChI=1S/C19H22N6O5S/c1-5-30-19(29)13-10(2)14(16(27)20-3)31-17(13)23-12(26)6-7-25-9-21-15-11(18(25)28)8-22-24(15)4/h8-9H,5-7H2,1-4H3,(H,20,27)(H,23,26). The van der Waals surface area contributed by atoms with Crippen LogP contribution in [0.2, 0.25) is 0 Å². The number of carbonyl (C=O) groups is 3. The summed E-state index contributed by atoms with van der Waals surface area (Å²) in [4.78, 5) is 54.1. The van der Waals surface area contributed by atoms with Crippen molar-refractivity contribution < 1.29 is 19.1 Å². The molecule has 3 aromatic heterocycles. The molecule has 11 nitrogen and oxygen atoms in total. The second-order valence-electron chi connectivity index (χ2n) is 6.61. The first kappa shape index (κ1) is 22.2. The monoisotopic (exact) mass is 446 g/mol. The van der Waals surface area contributed by atoms with E-state index in [2.05, 4.69) is 20.7 Å². The normalized spacial score (nSPS) is 10.8. The molecule has 2 N–H and O–H groups in total. The van der Waals surface area contributed by atoms with Crippen molar-refractivity contribution in [1.29, 1.82) is 0 Å². The topological polar surface area (TPSA) is 137 Å². The fourth-order valence-corrected chi connectivity index (χ4v) is 4.18. The zero-order chi connectivity index (χ0) is 22.7. The van der Waals surface area contributed by atoms with Crippen LogP contribution in [0.3, 0.4) is 0 Å². The van der Waals surface area contributed by atoms with Gasteiger partial charge in [0.2, 0.25) is 5.91 Å². The molecule has 0 saturated heterocycles. The molecule has 0 aliphatic heterocycles. The SMILES string of the molecule is CCOC(=O)c1c(NC(=O)CCn2cnc3c(cnn3C)c2=O)sc(C(=O)NC)c1C. The van der Waals surface area contributed by atoms with Gasteiger partial charge >= 0.3 is 5.97 Å². The van der Waals surface area contributed by atoms with Gasteiger partial charge in [0.1, 0.15) is 10.4 Å². The molecule has 3 heterocycles. The summed E-state index contributed by atoms with van der Waals surface area (Å²) in [6.07, 6.45) is 2.76. The fraction of sp³-hybridized carbons (Fsp3) is 0.368. The van der Waals surface area contributed by atoms with Gasteiger partial charge in [-0.2, -0.15) is 5.10 Å². The van der Waals surface area contributed by atoms with E-state index in [9.17, 15) is 19.2 Å². The highest BCUT2D eigenvalue weighted by molar-refractivity contribution is 7.18. The average molecular weight is 446 g/mol. The number of rotatable bonds is 7. The molecule has 0 spiro atoms. The number of ether oxygens (including phenoxy) is 1. The first-order chi connectivity index (χ1) is 14.8. The molecular weight excluding hydrogens is 424 g/mol. The van der Waals surface area contributed by atoms with Crippen molar-refractivity contribution in [1.82, 2.24) is 24.6 Å². The minimum Gasteiger partial charge on any atom is -0.462 e. The minimum atomic E-state index is -0.621. The van der Waals surface area contributed by atoms with Gasteiger partial charge in [-0.1, -0.05) is 0 Å². The Morgan fingerprint density at radius 1 is 1.29 bits per heavy atom. The van der Waals surface area contributed by atoms with Gasteiger partial charge in [0.25, 0.3) is 11.5 Å². The van der Waals surface area contributed by atoms with Crippen LogP contribution < -0.4 is 16.2 Å². The number of hydrogen-bond acceptors (Lipinski definition) is 8. The molecule has 0 fully saturated rings. The Morgan fingerprint density at radius 3 is 2.71 bits per heavy atom. The van der Waals surface area contributed by atoms with E-state index in [1.54, 1.807) is 20.9 Å². The summed E-state index contributed by atoms with van der Waals surface area (Å²) in [5.74, 6) is -1.41. The van der Waals surface area contributed by atoms with Crippen LogP contribution in [0.1, 0.15) is 38.9 Å². The number of aryl methyl sites for hydroxylation is 2. The van der Waals surface area contributed by atoms with Crippen molar-refractivity contribution in [2.75, 3.05) is 19.0 Å². The van der Waals surface area contributed by atoms with Gasteiger partial charge in [0.05, 0.1) is 29.6 Å². The van der Waals surface area contributed by atoms with E-state index in [1.165, 1.54) is 28.8 Å². The smallest absolute Gasteiger partial charge is 0.341 e. The highest BCUT2D eigenvalue weighted by Crippen LogP contribution is 2.33. The number of thiophene rings is 1. The zero-order valence-electron chi connectivity index (χ0n) is 17.5. The molecule has 0 unspecified atom stereocenters. The van der Waals surface area contributed by atoms with Crippen LogP contribution >= 0.6 is 11.3 Å². The Balaban J connectivity index is 1.80. The molecule has 0 aliphatic rings. The van der Waals surface area contributed by atoms with Crippen LogP contribution in [0.15, 0.2) is 17.3 Å². The highest BCUT2D eigenvalue weighted by atomic mass is 32.1. The Kier molecular flexibility index (Phi) is 6.49. The van der Waals surface area contributed by atoms with E-state index in [0.29, 0.717) is 21.5 Å². The van der Waals surface area contributed by atoms with E-state index in [4.69, 9.17) is 4.74 Å². The largest absolute Gasteiger partial charge is 0.462 e. The first-order valence-corrected chi connectivity index (χ1v) is 10.3. The van der Waals surface area contributed by atoms with Gasteiger partial charge in [-0.15, -0.1) is 11.3 Å². The number of anilines is 1. The maximum absolute atomic E-state index is 12.5. The molecule has 0 aliphatic carbocycles. The Morgan fingerprint density at radius 2 is 2.03 bits per heavy atom. The maximum atomic E-state index is 12.5. The van der Waals surface area contributed by atoms with Crippen LogP contribution in [-0.4, -0.2) is 50.8 Å². The molecule has 0 atom stereocenters. The average Bonchev–Trinajstić information content (AvgIpc) is 3.27. The molecule has 0 aromatic carbocycles. The predicted molar refractivity (Wildman–Crippen MR) is 114 cm³/mol. The third kappa shape index (κ3) is 4.33. The quantitative estimate of drug-likeness (QED) is 0.518. The van der Waals surface area contributed by atoms with Crippen molar-refractivity contribution in [2.24, 2.45) is 7.05 Å². The lowest BCUT2D eigenvalue weighted by Crippen LogP contribution is -2.23. The number of nitrogens with zero attached hydrogens (tertiary/aromatic N) is 4. The van der Waals surface area contributed by atoms with Crippen LogP contribution in [0.25, 0.3) is 11.0 Å². The van der Waals surface area contributed by atoms with Gasteiger partial charge in [-0.25, -0.2) is 9.78 Å². The van der Waals surface area contributed by atoms with Gasteiger partial charge < -0.3 is 15.4 Å². The van der Waals surface area contributed by atoms with Crippen molar-refractivity contribution in [3.8, 4) is 0 Å². The molecule has 0 radical (unpaired) electrons. The van der Waals surface area contributed by atoms with Gasteiger partial charge in [0.15, 0.2) is 5.65 Å². The van der Waals surface area contributed by atoms with Crippen molar-refractivity contribution in [3.05, 3.63) is 38.9 Å². The summed E-state index contributed by atoms with van der Waals surface area (Å²) >= 11 is 0.994. The fourth-order valence-electron chi connectivity index (χ4n) is 3.02. The van der Waals surface area contributed by atoms with Gasteiger partial charge in [0, 0.05) is 27.1 Å². The lowest BCUT2D eigenvalue weighted by molar-refractivity contribution is -0.116. The lowest BCUT2D eigenvalue weighted by atomic mass is 10.1. The molecule has 164 valence electrons. The molecule has 3 rings (SSSR count). The van der Waals surface area contributed by atoms with Gasteiger partial charge in [-0.3, -0.25) is 23.6 Å². The predicted octanol–water partition coefficient (Wildman–Crippen LogP) is 1.07. The number of amides is 2. The summed E-state index contributed by atoms with van der Waals surface area (Å²) in [6.45, 7) is 3.53. The van der Waals surface area contributed by atoms with E-state index in [-0.39, 0.29) is 41.6 Å². The van der Waals surface area contributed by atoms with E-state index >= 15 is 0 Å².